The molecule has 2 aromatic carbocycles. The topological polar surface area (TPSA) is 87.0 Å². The van der Waals surface area contributed by atoms with Crippen LogP contribution in [-0.2, 0) is 9.53 Å². The number of halogens is 1. The molecule has 2 heterocycles. The van der Waals surface area contributed by atoms with E-state index >= 15 is 0 Å². The van der Waals surface area contributed by atoms with Gasteiger partial charge in [0.1, 0.15) is 22.8 Å². The second-order valence-electron chi connectivity index (χ2n) is 7.23. The van der Waals surface area contributed by atoms with Gasteiger partial charge in [-0.3, -0.25) is 9.59 Å². The van der Waals surface area contributed by atoms with Gasteiger partial charge in [-0.25, -0.2) is 0 Å². The van der Waals surface area contributed by atoms with Crippen molar-refractivity contribution in [2.24, 2.45) is 0 Å². The molecule has 7 nitrogen and oxygen atoms in total. The number of para-hydroxylation sites is 1. The normalized spacial score (nSPS) is 15.7. The average molecular weight is 488 g/mol. The third-order valence-electron chi connectivity index (χ3n) is 4.96. The van der Waals surface area contributed by atoms with E-state index in [9.17, 15) is 9.59 Å². The van der Waals surface area contributed by atoms with Gasteiger partial charge in [-0.15, -0.1) is 0 Å². The van der Waals surface area contributed by atoms with Crippen molar-refractivity contribution >= 4 is 32.8 Å². The summed E-state index contributed by atoms with van der Waals surface area (Å²) in [5, 5.41) is 3.17. The van der Waals surface area contributed by atoms with Crippen LogP contribution in [0, 0.1) is 6.92 Å². The summed E-state index contributed by atoms with van der Waals surface area (Å²) in [6, 6.07) is 12.1. The second kappa shape index (κ2) is 9.53. The molecule has 0 radical (unpaired) electrons. The molecule has 1 aromatic heterocycles. The second-order valence-corrected chi connectivity index (χ2v) is 8.09. The molecule has 1 amide bonds. The summed E-state index contributed by atoms with van der Waals surface area (Å²) in [6.07, 6.45) is 2.06. The van der Waals surface area contributed by atoms with E-state index < -0.39 is 0 Å². The van der Waals surface area contributed by atoms with Crippen molar-refractivity contribution in [2.45, 2.75) is 25.9 Å². The molecule has 1 saturated heterocycles. The molecule has 3 aromatic rings. The third-order valence-corrected chi connectivity index (χ3v) is 5.61. The van der Waals surface area contributed by atoms with Crippen LogP contribution in [0.15, 0.2) is 56.1 Å². The Hall–Kier alpha value is -2.84. The lowest BCUT2D eigenvalue weighted by atomic mass is 10.2. The highest BCUT2D eigenvalue weighted by molar-refractivity contribution is 9.10. The summed E-state index contributed by atoms with van der Waals surface area (Å²) >= 11 is 3.41. The molecule has 1 atom stereocenters. The summed E-state index contributed by atoms with van der Waals surface area (Å²) < 4.78 is 23.4. The van der Waals surface area contributed by atoms with Crippen LogP contribution in [0.1, 0.15) is 18.6 Å². The first-order valence-corrected chi connectivity index (χ1v) is 10.8. The Balaban J connectivity index is 1.46. The lowest BCUT2D eigenvalue weighted by Gasteiger charge is -2.12. The molecule has 1 aliphatic rings. The number of aryl methyl sites for hydroxylation is 1. The zero-order chi connectivity index (χ0) is 21.8. The lowest BCUT2D eigenvalue weighted by molar-refractivity contribution is -0.123. The molecule has 0 aliphatic carbocycles. The predicted molar refractivity (Wildman–Crippen MR) is 119 cm³/mol. The molecule has 31 heavy (non-hydrogen) atoms. The van der Waals surface area contributed by atoms with E-state index in [0.29, 0.717) is 34.8 Å². The number of ether oxygens (including phenoxy) is 3. The van der Waals surface area contributed by atoms with Crippen LogP contribution in [-0.4, -0.2) is 31.8 Å². The zero-order valence-corrected chi connectivity index (χ0v) is 18.6. The van der Waals surface area contributed by atoms with Gasteiger partial charge in [-0.1, -0.05) is 12.1 Å². The molecule has 0 unspecified atom stereocenters. The Kier molecular flexibility index (Phi) is 6.58. The number of fused-ring (bicyclic) bond motifs is 1. The van der Waals surface area contributed by atoms with Crippen LogP contribution in [0.2, 0.25) is 0 Å². The van der Waals surface area contributed by atoms with Crippen molar-refractivity contribution in [3.8, 4) is 17.2 Å². The smallest absolute Gasteiger partial charge is 0.258 e. The molecule has 1 aliphatic heterocycles. The fourth-order valence-corrected chi connectivity index (χ4v) is 3.71. The van der Waals surface area contributed by atoms with Crippen LogP contribution >= 0.6 is 15.9 Å². The highest BCUT2D eigenvalue weighted by Crippen LogP contribution is 2.31. The molecular weight excluding hydrogens is 466 g/mol. The number of hydrogen-bond acceptors (Lipinski definition) is 6. The first kappa shape index (κ1) is 21.4. The summed E-state index contributed by atoms with van der Waals surface area (Å²) in [5.74, 6) is 1.19. The van der Waals surface area contributed by atoms with Crippen molar-refractivity contribution in [1.29, 1.82) is 0 Å². The number of carbonyl (C=O) groups excluding carboxylic acids is 1. The Bertz CT molecular complexity index is 1150. The molecule has 1 N–H and O–H groups in total. The summed E-state index contributed by atoms with van der Waals surface area (Å²) in [6.45, 7) is 2.76. The SMILES string of the molecule is Cc1oc2cc(OCC(=O)NC[C@@H]3CCCO3)ccc2c(=O)c1Oc1ccccc1Br. The summed E-state index contributed by atoms with van der Waals surface area (Å²) in [5.41, 5.74) is 0.0783. The molecule has 1 fully saturated rings. The fourth-order valence-electron chi connectivity index (χ4n) is 3.35. The summed E-state index contributed by atoms with van der Waals surface area (Å²) in [4.78, 5) is 24.9. The highest BCUT2D eigenvalue weighted by atomic mass is 79.9. The Morgan fingerprint density at radius 1 is 1.26 bits per heavy atom. The van der Waals surface area contributed by atoms with Gasteiger partial charge in [0.2, 0.25) is 11.2 Å². The molecule has 0 spiro atoms. The Labute approximate surface area is 187 Å². The summed E-state index contributed by atoms with van der Waals surface area (Å²) in [7, 11) is 0. The van der Waals surface area contributed by atoms with Crippen molar-refractivity contribution in [1.82, 2.24) is 5.32 Å². The number of benzene rings is 2. The van der Waals surface area contributed by atoms with E-state index in [1.165, 1.54) is 0 Å². The van der Waals surface area contributed by atoms with Gasteiger partial charge >= 0.3 is 0 Å². The highest BCUT2D eigenvalue weighted by Gasteiger charge is 2.17. The standard InChI is InChI=1S/C23H22BrNO6/c1-14-23(31-19-7-3-2-6-18(19)24)22(27)17-9-8-15(11-20(17)30-14)29-13-21(26)25-12-16-5-4-10-28-16/h2-3,6-9,11,16H,4-5,10,12-13H2,1H3,(H,25,26)/t16-/m0/s1. The number of nitrogens with one attached hydrogen (secondary N) is 1. The van der Waals surface area contributed by atoms with E-state index in [2.05, 4.69) is 21.2 Å². The van der Waals surface area contributed by atoms with E-state index in [1.54, 1.807) is 31.2 Å². The maximum atomic E-state index is 12.9. The molecule has 4 rings (SSSR count). The molecular formula is C23H22BrNO6. The van der Waals surface area contributed by atoms with Gasteiger partial charge in [0.25, 0.3) is 5.91 Å². The average Bonchev–Trinajstić information content (AvgIpc) is 3.28. The first-order valence-electron chi connectivity index (χ1n) is 10.0. The zero-order valence-electron chi connectivity index (χ0n) is 17.0. The van der Waals surface area contributed by atoms with Crippen LogP contribution < -0.4 is 20.2 Å². The minimum Gasteiger partial charge on any atom is -0.484 e. The van der Waals surface area contributed by atoms with Crippen LogP contribution in [0.4, 0.5) is 0 Å². The Morgan fingerprint density at radius 2 is 2.10 bits per heavy atom. The van der Waals surface area contributed by atoms with Gasteiger partial charge in [0.05, 0.1) is 16.0 Å². The minimum atomic E-state index is -0.282. The van der Waals surface area contributed by atoms with Gasteiger partial charge < -0.3 is 23.9 Å². The van der Waals surface area contributed by atoms with Gasteiger partial charge in [-0.2, -0.15) is 0 Å². The largest absolute Gasteiger partial charge is 0.484 e. The Morgan fingerprint density at radius 3 is 2.87 bits per heavy atom. The quantitative estimate of drug-likeness (QED) is 0.533. The van der Waals surface area contributed by atoms with Gasteiger partial charge in [0, 0.05) is 19.2 Å². The minimum absolute atomic E-state index is 0.0785. The van der Waals surface area contributed by atoms with Gasteiger partial charge in [0.15, 0.2) is 6.61 Å². The van der Waals surface area contributed by atoms with E-state index in [-0.39, 0.29) is 29.8 Å². The maximum Gasteiger partial charge on any atom is 0.258 e. The van der Waals surface area contributed by atoms with E-state index in [0.717, 1.165) is 23.9 Å². The van der Waals surface area contributed by atoms with E-state index in [1.807, 2.05) is 18.2 Å². The molecule has 0 saturated carbocycles. The van der Waals surface area contributed by atoms with E-state index in [4.69, 9.17) is 18.6 Å². The van der Waals surface area contributed by atoms with Crippen molar-refractivity contribution in [2.75, 3.05) is 19.8 Å². The molecule has 0 bridgehead atoms. The van der Waals surface area contributed by atoms with Crippen LogP contribution in [0.3, 0.4) is 0 Å². The molecule has 8 heteroatoms. The van der Waals surface area contributed by atoms with Crippen LogP contribution in [0.25, 0.3) is 11.0 Å². The number of rotatable bonds is 7. The van der Waals surface area contributed by atoms with Gasteiger partial charge in [-0.05, 0) is 60.0 Å². The fraction of sp³-hybridized carbons (Fsp3) is 0.304. The van der Waals surface area contributed by atoms with Crippen molar-refractivity contribution in [3.63, 3.8) is 0 Å². The predicted octanol–water partition coefficient (Wildman–Crippen LogP) is 4.33. The lowest BCUT2D eigenvalue weighted by Crippen LogP contribution is -2.35. The number of amides is 1. The van der Waals surface area contributed by atoms with Crippen molar-refractivity contribution < 1.29 is 23.4 Å². The third kappa shape index (κ3) is 5.08. The number of hydrogen-bond donors (Lipinski definition) is 1. The maximum absolute atomic E-state index is 12.9. The first-order chi connectivity index (χ1) is 15.0. The van der Waals surface area contributed by atoms with Crippen LogP contribution in [0.5, 0.6) is 17.2 Å². The van der Waals surface area contributed by atoms with Crippen molar-refractivity contribution in [3.05, 3.63) is 62.9 Å². The number of carbonyl (C=O) groups is 1. The molecule has 162 valence electrons. The monoisotopic (exact) mass is 487 g/mol.